The number of ether oxygens (including phenoxy) is 2. The largest absolute Gasteiger partial charge is 0.449 e. The van der Waals surface area contributed by atoms with Crippen molar-refractivity contribution in [1.82, 2.24) is 0 Å². The van der Waals surface area contributed by atoms with Crippen LogP contribution in [0.3, 0.4) is 0 Å². The van der Waals surface area contributed by atoms with Gasteiger partial charge in [-0.3, -0.25) is 0 Å². The van der Waals surface area contributed by atoms with E-state index in [2.05, 4.69) is 0 Å². The molecule has 1 heterocycles. The van der Waals surface area contributed by atoms with Gasteiger partial charge < -0.3 is 9.47 Å². The Morgan fingerprint density at radius 2 is 1.35 bits per heavy atom. The average molecular weight is 347 g/mol. The van der Waals surface area contributed by atoms with E-state index in [1.807, 2.05) is 6.07 Å². The number of hydrogen-bond donors (Lipinski definition) is 0. The molecule has 0 radical (unpaired) electrons. The van der Waals surface area contributed by atoms with Gasteiger partial charge in [-0.15, -0.1) is 0 Å². The predicted octanol–water partition coefficient (Wildman–Crippen LogP) is 6.07. The number of benzene rings is 2. The first kappa shape index (κ1) is 13.7. The lowest BCUT2D eigenvalue weighted by Gasteiger charge is -2.22. The minimum atomic E-state index is 0.103. The van der Waals surface area contributed by atoms with Crippen molar-refractivity contribution in [2.75, 3.05) is 0 Å². The zero-order valence-corrected chi connectivity index (χ0v) is 12.5. The molecule has 3 nitrogen and oxygen atoms in total. The van der Waals surface area contributed by atoms with Crippen LogP contribution in [-0.4, -0.2) is 0 Å². The molecule has 0 atom stereocenters. The molecule has 0 aliphatic carbocycles. The molecule has 0 saturated carbocycles. The lowest BCUT2D eigenvalue weighted by atomic mass is 10.1. The SMILES string of the molecule is N#Cc1c(Cl)c(Cl)cc2c1Oc1cc(Cl)c(Cl)cc1O2. The Morgan fingerprint density at radius 1 is 0.800 bits per heavy atom. The Kier molecular flexibility index (Phi) is 3.35. The average Bonchev–Trinajstić information content (AvgIpc) is 2.40. The Bertz CT molecular complexity index is 783. The fourth-order valence-corrected chi connectivity index (χ4v) is 2.45. The lowest BCUT2D eigenvalue weighted by Crippen LogP contribution is -2.01. The maximum absolute atomic E-state index is 9.17. The number of hydrogen-bond acceptors (Lipinski definition) is 3. The summed E-state index contributed by atoms with van der Waals surface area (Å²) in [6.07, 6.45) is 0. The lowest BCUT2D eigenvalue weighted by molar-refractivity contribution is 0.359. The van der Waals surface area contributed by atoms with Crippen molar-refractivity contribution in [3.8, 4) is 29.1 Å². The highest BCUT2D eigenvalue weighted by molar-refractivity contribution is 6.43. The van der Waals surface area contributed by atoms with Gasteiger partial charge in [-0.25, -0.2) is 0 Å². The second-order valence-electron chi connectivity index (χ2n) is 3.90. The van der Waals surface area contributed by atoms with Crippen molar-refractivity contribution in [1.29, 1.82) is 5.26 Å². The molecule has 20 heavy (non-hydrogen) atoms. The molecule has 1 aliphatic rings. The molecule has 0 bridgehead atoms. The van der Waals surface area contributed by atoms with Crippen LogP contribution in [0.1, 0.15) is 5.56 Å². The van der Waals surface area contributed by atoms with E-state index in [1.165, 1.54) is 18.2 Å². The van der Waals surface area contributed by atoms with Crippen molar-refractivity contribution >= 4 is 46.4 Å². The minimum Gasteiger partial charge on any atom is -0.449 e. The summed E-state index contributed by atoms with van der Waals surface area (Å²) in [4.78, 5) is 0. The van der Waals surface area contributed by atoms with Crippen molar-refractivity contribution in [2.45, 2.75) is 0 Å². The second-order valence-corrected chi connectivity index (χ2v) is 5.50. The molecule has 0 unspecified atom stereocenters. The smallest absolute Gasteiger partial charge is 0.189 e. The maximum atomic E-state index is 9.17. The molecule has 0 amide bonds. The minimum absolute atomic E-state index is 0.103. The molecular weight excluding hydrogens is 344 g/mol. The number of nitrogens with zero attached hydrogens (tertiary/aromatic N) is 1. The Hall–Kier alpha value is -1.31. The molecule has 0 fully saturated rings. The third kappa shape index (κ3) is 2.06. The second kappa shape index (κ2) is 4.91. The van der Waals surface area contributed by atoms with Crippen molar-refractivity contribution in [3.05, 3.63) is 43.9 Å². The van der Waals surface area contributed by atoms with Crippen LogP contribution in [0.2, 0.25) is 20.1 Å². The van der Waals surface area contributed by atoms with Crippen LogP contribution < -0.4 is 9.47 Å². The van der Waals surface area contributed by atoms with Crippen molar-refractivity contribution < 1.29 is 9.47 Å². The van der Waals surface area contributed by atoms with Gasteiger partial charge in [0.15, 0.2) is 23.0 Å². The summed E-state index contributed by atoms with van der Waals surface area (Å²) in [5, 5.41) is 10.1. The van der Waals surface area contributed by atoms with Gasteiger partial charge in [0, 0.05) is 18.2 Å². The highest BCUT2D eigenvalue weighted by Gasteiger charge is 2.26. The van der Waals surface area contributed by atoms with E-state index < -0.39 is 0 Å². The summed E-state index contributed by atoms with van der Waals surface area (Å²) < 4.78 is 11.3. The fraction of sp³-hybridized carbons (Fsp3) is 0. The van der Waals surface area contributed by atoms with Crippen LogP contribution in [-0.2, 0) is 0 Å². The predicted molar refractivity (Wildman–Crippen MR) is 77.8 cm³/mol. The van der Waals surface area contributed by atoms with Gasteiger partial charge in [-0.2, -0.15) is 5.26 Å². The van der Waals surface area contributed by atoms with E-state index in [1.54, 1.807) is 0 Å². The first-order valence-electron chi connectivity index (χ1n) is 5.28. The van der Waals surface area contributed by atoms with Crippen LogP contribution in [0.15, 0.2) is 18.2 Å². The molecule has 0 saturated heterocycles. The quantitative estimate of drug-likeness (QED) is 0.496. The van der Waals surface area contributed by atoms with Gasteiger partial charge in [0.2, 0.25) is 0 Å². The Morgan fingerprint density at radius 3 is 1.95 bits per heavy atom. The van der Waals surface area contributed by atoms with E-state index in [-0.39, 0.29) is 21.4 Å². The highest BCUT2D eigenvalue weighted by Crippen LogP contribution is 2.51. The number of nitriles is 1. The zero-order valence-electron chi connectivity index (χ0n) is 9.51. The molecule has 100 valence electrons. The van der Waals surface area contributed by atoms with Crippen molar-refractivity contribution in [2.24, 2.45) is 0 Å². The third-order valence-corrected chi connectivity index (χ3v) is 4.18. The molecule has 3 rings (SSSR count). The van der Waals surface area contributed by atoms with Crippen LogP contribution in [0.25, 0.3) is 0 Å². The Labute approximate surface area is 134 Å². The van der Waals surface area contributed by atoms with Crippen LogP contribution in [0, 0.1) is 11.3 Å². The van der Waals surface area contributed by atoms with Crippen molar-refractivity contribution in [3.63, 3.8) is 0 Å². The van der Waals surface area contributed by atoms with E-state index in [9.17, 15) is 0 Å². The van der Waals surface area contributed by atoms with Crippen LogP contribution >= 0.6 is 46.4 Å². The van der Waals surface area contributed by atoms with Crippen LogP contribution in [0.5, 0.6) is 23.0 Å². The molecular formula is C13H3Cl4NO2. The summed E-state index contributed by atoms with van der Waals surface area (Å²) in [7, 11) is 0. The van der Waals surface area contributed by atoms with Crippen LogP contribution in [0.4, 0.5) is 0 Å². The topological polar surface area (TPSA) is 42.2 Å². The van der Waals surface area contributed by atoms with E-state index in [0.29, 0.717) is 27.3 Å². The first-order chi connectivity index (χ1) is 9.51. The molecule has 1 aliphatic heterocycles. The zero-order chi connectivity index (χ0) is 14.4. The van der Waals surface area contributed by atoms with Gasteiger partial charge in [0.1, 0.15) is 11.6 Å². The van der Waals surface area contributed by atoms with E-state index in [0.717, 1.165) is 0 Å². The third-order valence-electron chi connectivity index (χ3n) is 2.67. The van der Waals surface area contributed by atoms with Gasteiger partial charge in [0.05, 0.1) is 20.1 Å². The monoisotopic (exact) mass is 345 g/mol. The molecule has 0 aromatic heterocycles. The number of fused-ring (bicyclic) bond motifs is 2. The Balaban J connectivity index is 2.21. The summed E-state index contributed by atoms with van der Waals surface area (Å²) in [5.74, 6) is 1.23. The summed E-state index contributed by atoms with van der Waals surface area (Å²) in [6, 6.07) is 6.45. The summed E-state index contributed by atoms with van der Waals surface area (Å²) in [6.45, 7) is 0. The normalized spacial score (nSPS) is 11.8. The number of halogens is 4. The standard InChI is InChI=1S/C13H3Cl4NO2/c14-6-1-9-10(2-7(6)15)20-13-5(4-18)12(17)8(16)3-11(13)19-9/h1-3H. The van der Waals surface area contributed by atoms with E-state index >= 15 is 0 Å². The van der Waals surface area contributed by atoms with Gasteiger partial charge in [-0.05, 0) is 0 Å². The van der Waals surface area contributed by atoms with Gasteiger partial charge in [-0.1, -0.05) is 46.4 Å². The molecule has 0 N–H and O–H groups in total. The van der Waals surface area contributed by atoms with E-state index in [4.69, 9.17) is 61.1 Å². The first-order valence-corrected chi connectivity index (χ1v) is 6.79. The molecule has 0 spiro atoms. The molecule has 7 heteroatoms. The van der Waals surface area contributed by atoms with Gasteiger partial charge >= 0.3 is 0 Å². The number of rotatable bonds is 0. The molecule has 2 aromatic carbocycles. The molecule has 2 aromatic rings. The highest BCUT2D eigenvalue weighted by atomic mass is 35.5. The van der Waals surface area contributed by atoms with Gasteiger partial charge in [0.25, 0.3) is 0 Å². The summed E-state index contributed by atoms with van der Waals surface area (Å²) >= 11 is 23.8. The maximum Gasteiger partial charge on any atom is 0.189 e. The fourth-order valence-electron chi connectivity index (χ4n) is 1.76. The summed E-state index contributed by atoms with van der Waals surface area (Å²) in [5.41, 5.74) is 0.103.